The first-order valence-corrected chi connectivity index (χ1v) is 17.8. The van der Waals surface area contributed by atoms with Crippen molar-refractivity contribution in [3.8, 4) is 11.1 Å². The fourth-order valence-electron chi connectivity index (χ4n) is 7.04. The van der Waals surface area contributed by atoms with Crippen molar-refractivity contribution >= 4 is 11.8 Å². The Morgan fingerprint density at radius 2 is 1.50 bits per heavy atom. The van der Waals surface area contributed by atoms with E-state index in [1.807, 2.05) is 42.5 Å². The maximum absolute atomic E-state index is 12.5. The van der Waals surface area contributed by atoms with Crippen LogP contribution in [0, 0.1) is 0 Å². The first-order valence-electron chi connectivity index (χ1n) is 17.8. The maximum atomic E-state index is 12.5. The number of hydrogen-bond acceptors (Lipinski definition) is 9. The fourth-order valence-corrected chi connectivity index (χ4v) is 7.04. The number of carbonyl (C=O) groups is 2. The van der Waals surface area contributed by atoms with Gasteiger partial charge in [-0.2, -0.15) is 0 Å². The molecular formula is C39H49N3O8. The van der Waals surface area contributed by atoms with Crippen LogP contribution in [0.1, 0.15) is 86.0 Å². The smallest absolute Gasteiger partial charge is 0.243 e. The van der Waals surface area contributed by atoms with E-state index < -0.39 is 18.0 Å². The quantitative estimate of drug-likeness (QED) is 0.101. The van der Waals surface area contributed by atoms with Crippen LogP contribution in [-0.2, 0) is 41.7 Å². The lowest BCUT2D eigenvalue weighted by Crippen LogP contribution is -2.48. The Bertz CT molecular complexity index is 1530. The molecule has 1 spiro atoms. The summed E-state index contributed by atoms with van der Waals surface area (Å²) in [6.45, 7) is 4.32. The second kappa shape index (κ2) is 17.5. The number of nitrogens with one attached hydrogen (secondary N) is 2. The van der Waals surface area contributed by atoms with Gasteiger partial charge in [0.2, 0.25) is 11.8 Å². The number of piperidine rings is 1. The Balaban J connectivity index is 1.09. The molecule has 268 valence electrons. The number of aliphatic hydroxyl groups excluding tert-OH is 1. The molecule has 0 radical (unpaired) electrons. The second-order valence-electron chi connectivity index (χ2n) is 13.4. The highest BCUT2D eigenvalue weighted by atomic mass is 16.7. The van der Waals surface area contributed by atoms with E-state index in [0.29, 0.717) is 39.0 Å². The zero-order valence-corrected chi connectivity index (χ0v) is 28.6. The third-order valence-corrected chi connectivity index (χ3v) is 9.93. The summed E-state index contributed by atoms with van der Waals surface area (Å²) in [5.41, 5.74) is 7.58. The molecule has 11 nitrogen and oxygen atoms in total. The molecule has 6 rings (SSSR count). The molecule has 3 aliphatic rings. The maximum Gasteiger partial charge on any atom is 0.243 e. The van der Waals surface area contributed by atoms with Gasteiger partial charge in [0.1, 0.15) is 0 Å². The molecule has 2 amide bonds. The van der Waals surface area contributed by atoms with E-state index in [9.17, 15) is 14.7 Å². The SMILES string of the molecule is O=C(CCCCCC(=O)NCc1ccccc1-c1ccc(C2OC(CN3CCC4(CC3)OCCO4)CC(c3ccc(CO)cc3)O2)cc1)NO. The van der Waals surface area contributed by atoms with E-state index in [1.54, 1.807) is 5.48 Å². The minimum Gasteiger partial charge on any atom is -0.392 e. The largest absolute Gasteiger partial charge is 0.392 e. The van der Waals surface area contributed by atoms with Gasteiger partial charge >= 0.3 is 0 Å². The Morgan fingerprint density at radius 1 is 0.820 bits per heavy atom. The van der Waals surface area contributed by atoms with E-state index >= 15 is 0 Å². The third-order valence-electron chi connectivity index (χ3n) is 9.93. The Labute approximate surface area is 293 Å². The van der Waals surface area contributed by atoms with Crippen molar-refractivity contribution < 1.29 is 38.9 Å². The molecule has 3 aromatic carbocycles. The molecule has 3 unspecified atom stereocenters. The average molecular weight is 688 g/mol. The summed E-state index contributed by atoms with van der Waals surface area (Å²) in [5.74, 6) is -0.859. The fraction of sp³-hybridized carbons (Fsp3) is 0.487. The van der Waals surface area contributed by atoms with Gasteiger partial charge in [0.05, 0.1) is 32.0 Å². The molecule has 3 heterocycles. The van der Waals surface area contributed by atoms with Crippen LogP contribution in [0.3, 0.4) is 0 Å². The van der Waals surface area contributed by atoms with E-state index in [1.165, 1.54) is 0 Å². The first-order chi connectivity index (χ1) is 24.4. The number of carbonyl (C=O) groups excluding carboxylic acids is 2. The minimum atomic E-state index is -0.546. The monoisotopic (exact) mass is 687 g/mol. The number of hydroxylamine groups is 1. The predicted molar refractivity (Wildman–Crippen MR) is 185 cm³/mol. The number of amides is 2. The lowest BCUT2D eigenvalue weighted by atomic mass is 9.97. The van der Waals surface area contributed by atoms with Crippen LogP contribution in [0.4, 0.5) is 0 Å². The van der Waals surface area contributed by atoms with Crippen molar-refractivity contribution in [3.05, 3.63) is 95.1 Å². The summed E-state index contributed by atoms with van der Waals surface area (Å²) in [6, 6.07) is 24.3. The van der Waals surface area contributed by atoms with Gasteiger partial charge in [-0.3, -0.25) is 14.8 Å². The Kier molecular flexibility index (Phi) is 12.6. The van der Waals surface area contributed by atoms with Gasteiger partial charge in [0, 0.05) is 63.8 Å². The summed E-state index contributed by atoms with van der Waals surface area (Å²) in [7, 11) is 0. The van der Waals surface area contributed by atoms with E-state index in [-0.39, 0.29) is 31.1 Å². The molecule has 3 aromatic rings. The summed E-state index contributed by atoms with van der Waals surface area (Å²) in [6.07, 6.45) is 4.35. The van der Waals surface area contributed by atoms with Crippen molar-refractivity contribution in [3.63, 3.8) is 0 Å². The molecule has 0 aromatic heterocycles. The van der Waals surface area contributed by atoms with Gasteiger partial charge in [-0.1, -0.05) is 79.2 Å². The molecule has 50 heavy (non-hydrogen) atoms. The average Bonchev–Trinajstić information content (AvgIpc) is 3.62. The lowest BCUT2D eigenvalue weighted by Gasteiger charge is -2.41. The normalized spacial score (nSPS) is 22.0. The Morgan fingerprint density at radius 3 is 2.20 bits per heavy atom. The van der Waals surface area contributed by atoms with Gasteiger partial charge in [0.25, 0.3) is 0 Å². The van der Waals surface area contributed by atoms with E-state index in [2.05, 4.69) is 40.5 Å². The van der Waals surface area contributed by atoms with Crippen LogP contribution in [0.25, 0.3) is 11.1 Å². The van der Waals surface area contributed by atoms with Crippen LogP contribution in [0.15, 0.2) is 72.8 Å². The molecule has 0 saturated carbocycles. The molecular weight excluding hydrogens is 638 g/mol. The Hall–Kier alpha value is -3.68. The molecule has 3 aliphatic heterocycles. The molecule has 11 heteroatoms. The first kappa shape index (κ1) is 36.1. The highest BCUT2D eigenvalue weighted by Gasteiger charge is 2.41. The van der Waals surface area contributed by atoms with Crippen molar-refractivity contribution in [1.82, 2.24) is 15.7 Å². The van der Waals surface area contributed by atoms with Gasteiger partial charge in [-0.25, -0.2) is 5.48 Å². The number of unbranched alkanes of at least 4 members (excludes halogenated alkanes) is 2. The predicted octanol–water partition coefficient (Wildman–Crippen LogP) is 5.30. The molecule has 3 fully saturated rings. The van der Waals surface area contributed by atoms with Crippen molar-refractivity contribution in [2.24, 2.45) is 0 Å². The number of ether oxygens (including phenoxy) is 4. The van der Waals surface area contributed by atoms with Crippen LogP contribution in [0.2, 0.25) is 0 Å². The molecule has 0 aliphatic carbocycles. The number of benzene rings is 3. The molecule has 3 saturated heterocycles. The second-order valence-corrected chi connectivity index (χ2v) is 13.4. The summed E-state index contributed by atoms with van der Waals surface area (Å²) >= 11 is 0. The van der Waals surface area contributed by atoms with Crippen LogP contribution >= 0.6 is 0 Å². The third kappa shape index (κ3) is 9.55. The van der Waals surface area contributed by atoms with Gasteiger partial charge in [0.15, 0.2) is 12.1 Å². The van der Waals surface area contributed by atoms with Crippen molar-refractivity contribution in [2.45, 2.75) is 88.8 Å². The van der Waals surface area contributed by atoms with Crippen molar-refractivity contribution in [2.75, 3.05) is 32.8 Å². The highest BCUT2D eigenvalue weighted by molar-refractivity contribution is 5.76. The van der Waals surface area contributed by atoms with Crippen LogP contribution in [-0.4, -0.2) is 71.8 Å². The van der Waals surface area contributed by atoms with E-state index in [4.69, 9.17) is 24.2 Å². The van der Waals surface area contributed by atoms with Gasteiger partial charge in [-0.05, 0) is 40.7 Å². The number of nitrogens with zero attached hydrogens (tertiary/aromatic N) is 1. The number of hydrogen-bond donors (Lipinski definition) is 4. The zero-order valence-electron chi connectivity index (χ0n) is 28.6. The standard InChI is InChI=1S/C39H49N3O8/c43-27-28-10-12-30(13-11-28)35-24-33(26-42-20-18-39(19-21-42)47-22-23-48-39)49-38(50-35)31-16-14-29(15-17-31)34-7-5-4-6-32(34)25-40-36(44)8-2-1-3-9-37(45)41-46/h4-7,10-17,33,35,38,43,46H,1-3,8-9,18-27H2,(H,40,44)(H,41,45). The van der Waals surface area contributed by atoms with Crippen LogP contribution in [0.5, 0.6) is 0 Å². The number of aliphatic hydroxyl groups is 1. The highest BCUT2D eigenvalue weighted by Crippen LogP contribution is 2.40. The summed E-state index contributed by atoms with van der Waals surface area (Å²) < 4.78 is 25.1. The zero-order chi connectivity index (χ0) is 34.8. The van der Waals surface area contributed by atoms with Gasteiger partial charge in [-0.15, -0.1) is 0 Å². The molecule has 3 atom stereocenters. The summed E-state index contributed by atoms with van der Waals surface area (Å²) in [5, 5.41) is 21.2. The lowest BCUT2D eigenvalue weighted by molar-refractivity contribution is -0.255. The van der Waals surface area contributed by atoms with Crippen LogP contribution < -0.4 is 10.8 Å². The number of rotatable bonds is 14. The van der Waals surface area contributed by atoms with Gasteiger partial charge < -0.3 is 34.3 Å². The number of likely N-dealkylation sites (tertiary alicyclic amines) is 1. The van der Waals surface area contributed by atoms with E-state index in [0.717, 1.165) is 78.7 Å². The topological polar surface area (TPSA) is 139 Å². The minimum absolute atomic E-state index is 0.000934. The summed E-state index contributed by atoms with van der Waals surface area (Å²) in [4.78, 5) is 26.1. The van der Waals surface area contributed by atoms with Crippen molar-refractivity contribution in [1.29, 1.82) is 0 Å². The molecule has 4 N–H and O–H groups in total. The molecule has 0 bridgehead atoms.